The van der Waals surface area contributed by atoms with E-state index < -0.39 is 0 Å². The van der Waals surface area contributed by atoms with Crippen LogP contribution in [-0.2, 0) is 0 Å². The van der Waals surface area contributed by atoms with Gasteiger partial charge >= 0.3 is 6.01 Å². The van der Waals surface area contributed by atoms with Gasteiger partial charge in [0.05, 0.1) is 31.9 Å². The van der Waals surface area contributed by atoms with Gasteiger partial charge in [-0.3, -0.25) is 0 Å². The second-order valence-corrected chi connectivity index (χ2v) is 5.65. The van der Waals surface area contributed by atoms with Gasteiger partial charge in [-0.25, -0.2) is 19.6 Å². The number of aliphatic hydroxyl groups excluding tert-OH is 1. The van der Waals surface area contributed by atoms with Gasteiger partial charge in [-0.1, -0.05) is 0 Å². The van der Waals surface area contributed by atoms with Crippen LogP contribution in [0, 0.1) is 0 Å². The summed E-state index contributed by atoms with van der Waals surface area (Å²) >= 11 is 0. The summed E-state index contributed by atoms with van der Waals surface area (Å²) in [7, 11) is 3.01. The molecule has 0 aliphatic carbocycles. The van der Waals surface area contributed by atoms with E-state index >= 15 is 0 Å². The number of methoxy groups -OCH3 is 2. The summed E-state index contributed by atoms with van der Waals surface area (Å²) < 4.78 is 11.9. The smallest absolute Gasteiger partial charge is 0.319 e. The summed E-state index contributed by atoms with van der Waals surface area (Å²) in [5, 5.41) is 15.0. The van der Waals surface area contributed by atoms with Gasteiger partial charge in [-0.2, -0.15) is 4.98 Å². The van der Waals surface area contributed by atoms with Crippen molar-refractivity contribution in [2.75, 3.05) is 32.2 Å². The molecule has 3 aromatic heterocycles. The van der Waals surface area contributed by atoms with Crippen molar-refractivity contribution in [2.45, 2.75) is 12.5 Å². The summed E-state index contributed by atoms with van der Waals surface area (Å²) in [5.74, 6) is 1.09. The third-order valence-corrected chi connectivity index (χ3v) is 4.09. The number of fused-ring (bicyclic) bond motifs is 1. The molecular formula is C15H17N7O3. The summed E-state index contributed by atoms with van der Waals surface area (Å²) in [6.45, 7) is 1.29. The first-order chi connectivity index (χ1) is 12.2. The number of anilines is 1. The molecule has 10 heteroatoms. The number of aromatic nitrogens is 6. The Morgan fingerprint density at radius 2 is 2.08 bits per heavy atom. The molecule has 1 fully saturated rings. The van der Waals surface area contributed by atoms with Crippen LogP contribution < -0.4 is 14.4 Å². The van der Waals surface area contributed by atoms with E-state index in [1.54, 1.807) is 10.9 Å². The molecule has 0 saturated carbocycles. The van der Waals surface area contributed by atoms with Crippen molar-refractivity contribution < 1.29 is 14.6 Å². The van der Waals surface area contributed by atoms with Crippen LogP contribution in [0.4, 0.5) is 5.82 Å². The predicted molar refractivity (Wildman–Crippen MR) is 88.2 cm³/mol. The molecule has 1 atom stereocenters. The van der Waals surface area contributed by atoms with E-state index in [1.165, 1.54) is 20.5 Å². The first-order valence-corrected chi connectivity index (χ1v) is 7.78. The Balaban J connectivity index is 1.80. The van der Waals surface area contributed by atoms with E-state index in [0.29, 0.717) is 23.8 Å². The predicted octanol–water partition coefficient (Wildman–Crippen LogP) is 0.194. The minimum Gasteiger partial charge on any atom is -0.479 e. The number of β-amino-alcohol motifs (C(OH)–C–C–N with tert-alkyl or cyclic N) is 1. The fraction of sp³-hybridized carbons (Fsp3) is 0.400. The Kier molecular flexibility index (Phi) is 3.80. The van der Waals surface area contributed by atoms with Crippen LogP contribution in [0.25, 0.3) is 16.7 Å². The van der Waals surface area contributed by atoms with Gasteiger partial charge in [-0.15, -0.1) is 5.10 Å². The van der Waals surface area contributed by atoms with E-state index in [-0.39, 0.29) is 12.1 Å². The van der Waals surface area contributed by atoms with Crippen molar-refractivity contribution in [3.05, 3.63) is 18.7 Å². The molecule has 0 spiro atoms. The van der Waals surface area contributed by atoms with Gasteiger partial charge in [0.25, 0.3) is 0 Å². The Morgan fingerprint density at radius 3 is 2.80 bits per heavy atom. The van der Waals surface area contributed by atoms with Crippen LogP contribution in [-0.4, -0.2) is 68.2 Å². The first kappa shape index (κ1) is 15.5. The van der Waals surface area contributed by atoms with Gasteiger partial charge in [-0.05, 0) is 6.42 Å². The SMILES string of the molecule is COc1ncc(-n2cc3c(N4CCC(O)C4)ncnc3n2)c(OC)n1. The van der Waals surface area contributed by atoms with Crippen LogP contribution >= 0.6 is 0 Å². The number of rotatable bonds is 4. The maximum atomic E-state index is 9.78. The zero-order valence-electron chi connectivity index (χ0n) is 13.8. The van der Waals surface area contributed by atoms with E-state index in [0.717, 1.165) is 24.2 Å². The average molecular weight is 343 g/mol. The highest BCUT2D eigenvalue weighted by molar-refractivity contribution is 5.87. The molecule has 25 heavy (non-hydrogen) atoms. The monoisotopic (exact) mass is 343 g/mol. The Labute approximate surface area is 143 Å². The number of aliphatic hydroxyl groups is 1. The third-order valence-electron chi connectivity index (χ3n) is 4.09. The molecule has 4 heterocycles. The van der Waals surface area contributed by atoms with Crippen molar-refractivity contribution in [1.82, 2.24) is 29.7 Å². The van der Waals surface area contributed by atoms with Gasteiger partial charge in [0.1, 0.15) is 17.8 Å². The van der Waals surface area contributed by atoms with Crippen molar-refractivity contribution in [3.8, 4) is 17.6 Å². The molecule has 1 saturated heterocycles. The van der Waals surface area contributed by atoms with Crippen LogP contribution in [0.15, 0.2) is 18.7 Å². The lowest BCUT2D eigenvalue weighted by Crippen LogP contribution is -2.22. The number of ether oxygens (including phenoxy) is 2. The third kappa shape index (κ3) is 2.70. The topological polar surface area (TPSA) is 111 Å². The van der Waals surface area contributed by atoms with Crippen LogP contribution in [0.3, 0.4) is 0 Å². The van der Waals surface area contributed by atoms with Crippen LogP contribution in [0.1, 0.15) is 6.42 Å². The second-order valence-electron chi connectivity index (χ2n) is 5.65. The van der Waals surface area contributed by atoms with Gasteiger partial charge in [0.15, 0.2) is 5.65 Å². The normalized spacial score (nSPS) is 17.2. The highest BCUT2D eigenvalue weighted by Gasteiger charge is 2.24. The number of hydrogen-bond donors (Lipinski definition) is 1. The highest BCUT2D eigenvalue weighted by atomic mass is 16.5. The molecule has 1 unspecified atom stereocenters. The van der Waals surface area contributed by atoms with Gasteiger partial charge in [0.2, 0.25) is 5.88 Å². The molecule has 3 aromatic rings. The largest absolute Gasteiger partial charge is 0.479 e. The molecule has 0 aromatic carbocycles. The van der Waals surface area contributed by atoms with E-state index in [1.807, 2.05) is 11.1 Å². The lowest BCUT2D eigenvalue weighted by atomic mass is 10.3. The maximum absolute atomic E-state index is 9.78. The van der Waals surface area contributed by atoms with E-state index in [4.69, 9.17) is 9.47 Å². The van der Waals surface area contributed by atoms with Gasteiger partial charge in [0, 0.05) is 19.3 Å². The van der Waals surface area contributed by atoms with E-state index in [2.05, 4.69) is 25.0 Å². The second kappa shape index (κ2) is 6.13. The molecule has 0 bridgehead atoms. The number of hydrogen-bond acceptors (Lipinski definition) is 9. The average Bonchev–Trinajstić information content (AvgIpc) is 3.26. The lowest BCUT2D eigenvalue weighted by Gasteiger charge is -2.16. The molecule has 0 radical (unpaired) electrons. The molecule has 4 rings (SSSR count). The summed E-state index contributed by atoms with van der Waals surface area (Å²) in [6.07, 6.45) is 5.24. The zero-order chi connectivity index (χ0) is 17.4. The quantitative estimate of drug-likeness (QED) is 0.709. The zero-order valence-corrected chi connectivity index (χ0v) is 13.8. The van der Waals surface area contributed by atoms with Crippen LogP contribution in [0.5, 0.6) is 11.9 Å². The summed E-state index contributed by atoms with van der Waals surface area (Å²) in [4.78, 5) is 18.9. The Morgan fingerprint density at radius 1 is 1.20 bits per heavy atom. The highest BCUT2D eigenvalue weighted by Crippen LogP contribution is 2.28. The molecular weight excluding hydrogens is 326 g/mol. The fourth-order valence-corrected chi connectivity index (χ4v) is 2.89. The summed E-state index contributed by atoms with van der Waals surface area (Å²) in [6, 6.07) is 0.212. The van der Waals surface area contributed by atoms with Crippen molar-refractivity contribution >= 4 is 16.9 Å². The van der Waals surface area contributed by atoms with Crippen molar-refractivity contribution in [3.63, 3.8) is 0 Å². The Bertz CT molecular complexity index is 913. The fourth-order valence-electron chi connectivity index (χ4n) is 2.89. The van der Waals surface area contributed by atoms with Crippen LogP contribution in [0.2, 0.25) is 0 Å². The molecule has 1 N–H and O–H groups in total. The molecule has 1 aliphatic heterocycles. The Hall–Kier alpha value is -3.01. The first-order valence-electron chi connectivity index (χ1n) is 7.78. The molecule has 130 valence electrons. The lowest BCUT2D eigenvalue weighted by molar-refractivity contribution is 0.198. The van der Waals surface area contributed by atoms with Crippen molar-refractivity contribution in [1.29, 1.82) is 0 Å². The van der Waals surface area contributed by atoms with E-state index in [9.17, 15) is 5.11 Å². The minimum atomic E-state index is -0.338. The molecule has 1 aliphatic rings. The van der Waals surface area contributed by atoms with Crippen molar-refractivity contribution in [2.24, 2.45) is 0 Å². The number of nitrogens with zero attached hydrogens (tertiary/aromatic N) is 7. The molecule has 10 nitrogen and oxygen atoms in total. The standard InChI is InChI=1S/C15H17N7O3/c1-24-14-11(5-16-15(19-14)25-2)22-7-10-12(20-22)17-8-18-13(10)21-4-3-9(23)6-21/h5,7-9,23H,3-4,6H2,1-2H3. The maximum Gasteiger partial charge on any atom is 0.319 e. The molecule has 0 amide bonds. The minimum absolute atomic E-state index is 0.212. The summed E-state index contributed by atoms with van der Waals surface area (Å²) in [5.41, 5.74) is 1.11. The van der Waals surface area contributed by atoms with Gasteiger partial charge < -0.3 is 19.5 Å².